The van der Waals surface area contributed by atoms with Crippen molar-refractivity contribution in [1.29, 1.82) is 0 Å². The molecular formula is C11H7F3N4O2. The molecule has 1 aromatic heterocycles. The number of hydrogen-bond acceptors (Lipinski definition) is 4. The minimum atomic E-state index is -4.49. The summed E-state index contributed by atoms with van der Waals surface area (Å²) in [7, 11) is 0. The van der Waals surface area contributed by atoms with Gasteiger partial charge >= 0.3 is 12.1 Å². The Morgan fingerprint density at radius 3 is 2.75 bits per heavy atom. The number of tetrazole rings is 1. The molecule has 0 aliphatic heterocycles. The first kappa shape index (κ1) is 13.7. The fraction of sp³-hybridized carbons (Fsp3) is 0.0909. The van der Waals surface area contributed by atoms with Crippen molar-refractivity contribution in [3.8, 4) is 5.69 Å². The predicted octanol–water partition coefficient (Wildman–Crippen LogP) is 1.78. The van der Waals surface area contributed by atoms with Gasteiger partial charge in [0.1, 0.15) is 0 Å². The summed E-state index contributed by atoms with van der Waals surface area (Å²) < 4.78 is 38.8. The summed E-state index contributed by atoms with van der Waals surface area (Å²) in [5.74, 6) is -1.21. The van der Waals surface area contributed by atoms with E-state index in [0.717, 1.165) is 29.0 Å². The van der Waals surface area contributed by atoms with Gasteiger partial charge in [0.15, 0.2) is 5.82 Å². The average Bonchev–Trinajstić information content (AvgIpc) is 2.83. The third-order valence-electron chi connectivity index (χ3n) is 2.29. The molecule has 0 aliphatic rings. The van der Waals surface area contributed by atoms with Gasteiger partial charge in [-0.25, -0.2) is 4.79 Å². The van der Waals surface area contributed by atoms with Gasteiger partial charge in [-0.15, -0.1) is 5.10 Å². The molecule has 1 aromatic carbocycles. The van der Waals surface area contributed by atoms with E-state index in [1.54, 1.807) is 0 Å². The zero-order chi connectivity index (χ0) is 14.8. The van der Waals surface area contributed by atoms with Gasteiger partial charge in [-0.1, -0.05) is 6.07 Å². The summed E-state index contributed by atoms with van der Waals surface area (Å²) in [6.07, 6.45) is -2.61. The van der Waals surface area contributed by atoms with Crippen LogP contribution in [0.3, 0.4) is 0 Å². The molecule has 20 heavy (non-hydrogen) atoms. The lowest BCUT2D eigenvalue weighted by Crippen LogP contribution is -2.07. The van der Waals surface area contributed by atoms with Crippen LogP contribution in [0, 0.1) is 0 Å². The number of carboxylic acid groups (broad SMARTS) is 1. The lowest BCUT2D eigenvalue weighted by atomic mass is 10.2. The molecule has 0 aliphatic carbocycles. The smallest absolute Gasteiger partial charge is 0.416 e. The van der Waals surface area contributed by atoms with Gasteiger partial charge in [0.25, 0.3) is 0 Å². The zero-order valence-corrected chi connectivity index (χ0v) is 9.74. The molecular weight excluding hydrogens is 277 g/mol. The third kappa shape index (κ3) is 2.99. The van der Waals surface area contributed by atoms with E-state index in [4.69, 9.17) is 5.11 Å². The molecule has 0 bridgehead atoms. The van der Waals surface area contributed by atoms with Gasteiger partial charge in [-0.05, 0) is 34.7 Å². The summed E-state index contributed by atoms with van der Waals surface area (Å²) in [6, 6.07) is 4.38. The van der Waals surface area contributed by atoms with Crippen molar-refractivity contribution in [3.05, 3.63) is 41.7 Å². The van der Waals surface area contributed by atoms with Crippen LogP contribution >= 0.6 is 0 Å². The number of carbonyl (C=O) groups is 1. The Kier molecular flexibility index (Phi) is 3.51. The van der Waals surface area contributed by atoms with Crippen molar-refractivity contribution in [2.75, 3.05) is 0 Å². The molecule has 6 nitrogen and oxygen atoms in total. The lowest BCUT2D eigenvalue weighted by molar-refractivity contribution is -0.137. The standard InChI is InChI=1S/C11H7F3N4O2/c12-11(13,14)7-2-1-3-8(6-7)18-9(15-16-17-18)4-5-10(19)20/h1-6H,(H,19,20)/b5-4+. The summed E-state index contributed by atoms with van der Waals surface area (Å²) in [4.78, 5) is 10.4. The van der Waals surface area contributed by atoms with E-state index in [2.05, 4.69) is 15.5 Å². The van der Waals surface area contributed by atoms with Crippen molar-refractivity contribution in [2.45, 2.75) is 6.18 Å². The Morgan fingerprint density at radius 1 is 1.35 bits per heavy atom. The van der Waals surface area contributed by atoms with Crippen LogP contribution in [0.4, 0.5) is 13.2 Å². The normalized spacial score (nSPS) is 11.9. The van der Waals surface area contributed by atoms with Gasteiger partial charge in [0.2, 0.25) is 0 Å². The Bertz CT molecular complexity index is 664. The number of rotatable bonds is 3. The molecule has 0 radical (unpaired) electrons. The Hall–Kier alpha value is -2.71. The monoisotopic (exact) mass is 284 g/mol. The van der Waals surface area contributed by atoms with E-state index in [1.165, 1.54) is 12.1 Å². The van der Waals surface area contributed by atoms with Crippen LogP contribution in [0.1, 0.15) is 11.4 Å². The van der Waals surface area contributed by atoms with E-state index < -0.39 is 17.7 Å². The second kappa shape index (κ2) is 5.11. The first-order chi connectivity index (χ1) is 9.38. The van der Waals surface area contributed by atoms with E-state index >= 15 is 0 Å². The van der Waals surface area contributed by atoms with E-state index in [9.17, 15) is 18.0 Å². The van der Waals surface area contributed by atoms with Crippen LogP contribution in [0.2, 0.25) is 0 Å². The maximum absolute atomic E-state index is 12.6. The van der Waals surface area contributed by atoms with Crippen LogP contribution in [0.15, 0.2) is 30.3 Å². The number of aliphatic carboxylic acids is 1. The molecule has 0 saturated carbocycles. The average molecular weight is 284 g/mol. The highest BCUT2D eigenvalue weighted by Crippen LogP contribution is 2.30. The minimum Gasteiger partial charge on any atom is -0.478 e. The second-order valence-electron chi connectivity index (χ2n) is 3.67. The first-order valence-corrected chi connectivity index (χ1v) is 5.25. The fourth-order valence-electron chi connectivity index (χ4n) is 1.44. The molecule has 9 heteroatoms. The Morgan fingerprint density at radius 2 is 2.10 bits per heavy atom. The van der Waals surface area contributed by atoms with E-state index in [-0.39, 0.29) is 11.5 Å². The van der Waals surface area contributed by atoms with Gasteiger partial charge in [-0.3, -0.25) is 0 Å². The maximum atomic E-state index is 12.6. The highest BCUT2D eigenvalue weighted by Gasteiger charge is 2.30. The maximum Gasteiger partial charge on any atom is 0.416 e. The molecule has 104 valence electrons. The highest BCUT2D eigenvalue weighted by molar-refractivity contribution is 5.84. The lowest BCUT2D eigenvalue weighted by Gasteiger charge is -2.08. The van der Waals surface area contributed by atoms with Gasteiger partial charge in [-0.2, -0.15) is 17.9 Å². The second-order valence-corrected chi connectivity index (χ2v) is 3.67. The molecule has 0 atom stereocenters. The predicted molar refractivity (Wildman–Crippen MR) is 60.8 cm³/mol. The number of carboxylic acids is 1. The molecule has 0 fully saturated rings. The van der Waals surface area contributed by atoms with Crippen molar-refractivity contribution >= 4 is 12.0 Å². The summed E-state index contributed by atoms with van der Waals surface area (Å²) in [5.41, 5.74) is -0.770. The number of halogens is 3. The summed E-state index contributed by atoms with van der Waals surface area (Å²) in [6.45, 7) is 0. The van der Waals surface area contributed by atoms with Gasteiger partial charge in [0.05, 0.1) is 11.3 Å². The number of aromatic nitrogens is 4. The van der Waals surface area contributed by atoms with Crippen LogP contribution < -0.4 is 0 Å². The molecule has 0 spiro atoms. The summed E-state index contributed by atoms with van der Waals surface area (Å²) in [5, 5.41) is 18.9. The minimum absolute atomic E-state index is 0.00623. The largest absolute Gasteiger partial charge is 0.478 e. The topological polar surface area (TPSA) is 80.9 Å². The highest BCUT2D eigenvalue weighted by atomic mass is 19.4. The number of nitrogens with zero attached hydrogens (tertiary/aromatic N) is 4. The summed E-state index contributed by atoms with van der Waals surface area (Å²) >= 11 is 0. The van der Waals surface area contributed by atoms with Crippen LogP contribution in [0.5, 0.6) is 0 Å². The van der Waals surface area contributed by atoms with E-state index in [0.29, 0.717) is 0 Å². The number of alkyl halides is 3. The van der Waals surface area contributed by atoms with E-state index in [1.807, 2.05) is 0 Å². The molecule has 0 saturated heterocycles. The Balaban J connectivity index is 2.43. The SMILES string of the molecule is O=C(O)/C=C/c1nnnn1-c1cccc(C(F)(F)F)c1. The van der Waals surface area contributed by atoms with Crippen LogP contribution in [-0.4, -0.2) is 31.3 Å². The number of hydrogen-bond donors (Lipinski definition) is 1. The zero-order valence-electron chi connectivity index (χ0n) is 9.74. The van der Waals surface area contributed by atoms with Crippen molar-refractivity contribution in [1.82, 2.24) is 20.2 Å². The molecule has 2 rings (SSSR count). The molecule has 0 amide bonds. The molecule has 1 heterocycles. The Labute approximate surface area is 110 Å². The van der Waals surface area contributed by atoms with Crippen molar-refractivity contribution in [3.63, 3.8) is 0 Å². The molecule has 2 aromatic rings. The first-order valence-electron chi connectivity index (χ1n) is 5.25. The number of benzene rings is 1. The van der Waals surface area contributed by atoms with Crippen LogP contribution in [0.25, 0.3) is 11.8 Å². The van der Waals surface area contributed by atoms with Gasteiger partial charge < -0.3 is 5.11 Å². The molecule has 1 N–H and O–H groups in total. The fourth-order valence-corrected chi connectivity index (χ4v) is 1.44. The third-order valence-corrected chi connectivity index (χ3v) is 2.29. The quantitative estimate of drug-likeness (QED) is 0.869. The van der Waals surface area contributed by atoms with Crippen molar-refractivity contribution < 1.29 is 23.1 Å². The van der Waals surface area contributed by atoms with Gasteiger partial charge in [0, 0.05) is 6.08 Å². The van der Waals surface area contributed by atoms with Crippen molar-refractivity contribution in [2.24, 2.45) is 0 Å². The molecule has 0 unspecified atom stereocenters. The van der Waals surface area contributed by atoms with Crippen LogP contribution in [-0.2, 0) is 11.0 Å².